The maximum absolute atomic E-state index is 14.4. The van der Waals surface area contributed by atoms with Crippen molar-refractivity contribution in [1.82, 2.24) is 19.8 Å². The summed E-state index contributed by atoms with van der Waals surface area (Å²) in [5, 5.41) is 1.62. The van der Waals surface area contributed by atoms with Crippen LogP contribution in [0.3, 0.4) is 0 Å². The monoisotopic (exact) mass is 796 g/mol. The number of hydrogen-bond acceptors (Lipinski definition) is 8. The highest BCUT2D eigenvalue weighted by atomic mass is 16.2. The standard InChI is InChI=1S/C47H48N4O8/c1-4-6-8-9-10-11-12-13-14-16-26-48-40(52)28-18-22-32-38-33(23-19-29(36(28)38)41(48)53)45(57)50(44(32)56)51-46(58)34-24-20-30-37-31(21-25-35(39(34)37)47(51)59)43(55)49(42(30)54)27(3)17-15-7-5-2/h18-25,27H,4-17,26H2,1-3H3. The molecular weight excluding hydrogens is 749 g/mol. The van der Waals surface area contributed by atoms with Crippen molar-refractivity contribution in [3.05, 3.63) is 93.0 Å². The van der Waals surface area contributed by atoms with Gasteiger partial charge in [0.2, 0.25) is 0 Å². The van der Waals surface area contributed by atoms with E-state index < -0.39 is 47.3 Å². The summed E-state index contributed by atoms with van der Waals surface area (Å²) in [6, 6.07) is 11.0. The van der Waals surface area contributed by atoms with E-state index in [1.807, 2.05) is 6.92 Å². The Balaban J connectivity index is 1.05. The molecule has 59 heavy (non-hydrogen) atoms. The molecule has 0 bridgehead atoms. The molecule has 4 aliphatic heterocycles. The van der Waals surface area contributed by atoms with Crippen LogP contribution in [0.2, 0.25) is 0 Å². The lowest BCUT2D eigenvalue weighted by molar-refractivity contribution is 0.00211. The lowest BCUT2D eigenvalue weighted by atomic mass is 9.85. The number of hydrazine groups is 1. The van der Waals surface area contributed by atoms with E-state index in [0.717, 1.165) is 38.5 Å². The molecule has 4 aromatic carbocycles. The summed E-state index contributed by atoms with van der Waals surface area (Å²) in [6.45, 7) is 6.35. The smallest absolute Gasteiger partial charge is 0.274 e. The number of carbonyl (C=O) groups excluding carboxylic acids is 8. The van der Waals surface area contributed by atoms with Crippen molar-refractivity contribution in [3.8, 4) is 0 Å². The average Bonchev–Trinajstić information content (AvgIpc) is 3.23. The van der Waals surface area contributed by atoms with Crippen LogP contribution in [0.4, 0.5) is 0 Å². The van der Waals surface area contributed by atoms with Crippen LogP contribution in [0.25, 0.3) is 21.5 Å². The van der Waals surface area contributed by atoms with Gasteiger partial charge in [-0.15, -0.1) is 0 Å². The van der Waals surface area contributed by atoms with Crippen LogP contribution in [-0.4, -0.2) is 79.7 Å². The van der Waals surface area contributed by atoms with Gasteiger partial charge >= 0.3 is 0 Å². The second-order valence-electron chi connectivity index (χ2n) is 16.3. The van der Waals surface area contributed by atoms with E-state index in [1.165, 1.54) is 96.9 Å². The minimum atomic E-state index is -0.981. The first-order chi connectivity index (χ1) is 28.5. The fourth-order valence-electron chi connectivity index (χ4n) is 9.34. The van der Waals surface area contributed by atoms with E-state index in [1.54, 1.807) is 0 Å². The van der Waals surface area contributed by atoms with Crippen LogP contribution in [0.5, 0.6) is 0 Å². The van der Waals surface area contributed by atoms with Crippen molar-refractivity contribution in [2.45, 2.75) is 117 Å². The zero-order valence-corrected chi connectivity index (χ0v) is 33.9. The molecule has 4 aromatic rings. The predicted octanol–water partition coefficient (Wildman–Crippen LogP) is 8.88. The van der Waals surface area contributed by atoms with Gasteiger partial charge in [0.1, 0.15) is 0 Å². The van der Waals surface area contributed by atoms with Gasteiger partial charge in [-0.3, -0.25) is 48.2 Å². The first-order valence-electron chi connectivity index (χ1n) is 21.2. The number of hydrogen-bond donors (Lipinski definition) is 0. The number of unbranched alkanes of at least 4 members (excludes halogenated alkanes) is 11. The van der Waals surface area contributed by atoms with Crippen molar-refractivity contribution in [1.29, 1.82) is 0 Å². The van der Waals surface area contributed by atoms with Crippen LogP contribution in [-0.2, 0) is 0 Å². The fourth-order valence-corrected chi connectivity index (χ4v) is 9.34. The summed E-state index contributed by atoms with van der Waals surface area (Å²) < 4.78 is 0. The van der Waals surface area contributed by atoms with Crippen LogP contribution in [0, 0.1) is 0 Å². The summed E-state index contributed by atoms with van der Waals surface area (Å²) in [7, 11) is 0. The van der Waals surface area contributed by atoms with Gasteiger partial charge < -0.3 is 0 Å². The third kappa shape index (κ3) is 6.35. The van der Waals surface area contributed by atoms with Crippen molar-refractivity contribution >= 4 is 68.8 Å². The minimum Gasteiger partial charge on any atom is -0.274 e. The first-order valence-corrected chi connectivity index (χ1v) is 21.2. The van der Waals surface area contributed by atoms with Crippen molar-refractivity contribution in [2.75, 3.05) is 6.54 Å². The van der Waals surface area contributed by atoms with Gasteiger partial charge in [0.05, 0.1) is 22.3 Å². The van der Waals surface area contributed by atoms with E-state index in [9.17, 15) is 38.4 Å². The zero-order valence-electron chi connectivity index (χ0n) is 33.9. The largest absolute Gasteiger partial charge is 0.281 e. The quantitative estimate of drug-likeness (QED) is 0.0760. The van der Waals surface area contributed by atoms with E-state index >= 15 is 0 Å². The number of nitrogens with zero attached hydrogens (tertiary/aromatic N) is 4. The summed E-state index contributed by atoms with van der Waals surface area (Å²) in [5.41, 5.74) is 0.537. The van der Waals surface area contributed by atoms with Gasteiger partial charge in [0.25, 0.3) is 47.3 Å². The molecule has 0 saturated heterocycles. The van der Waals surface area contributed by atoms with Gasteiger partial charge in [-0.05, 0) is 68.3 Å². The molecular formula is C47H48N4O8. The third-order valence-electron chi connectivity index (χ3n) is 12.5. The van der Waals surface area contributed by atoms with Crippen molar-refractivity contribution in [2.24, 2.45) is 0 Å². The topological polar surface area (TPSA) is 150 Å². The second-order valence-corrected chi connectivity index (χ2v) is 16.3. The molecule has 4 aliphatic rings. The van der Waals surface area contributed by atoms with Gasteiger partial charge in [-0.1, -0.05) is 90.9 Å². The SMILES string of the molecule is CCCCCCCCCCCCN1C(=O)c2ccc3c4c(ccc(c24)C1=O)C(=O)N(N1C(=O)c2ccc4c5c(ccc(c25)C1=O)C(=O)N(C(C)CCCCC)C4=O)C3=O. The van der Waals surface area contributed by atoms with Gasteiger partial charge in [0.15, 0.2) is 0 Å². The van der Waals surface area contributed by atoms with Gasteiger partial charge in [0, 0.05) is 56.4 Å². The molecule has 8 rings (SSSR count). The molecule has 12 nitrogen and oxygen atoms in total. The summed E-state index contributed by atoms with van der Waals surface area (Å²) in [5.74, 6) is -5.97. The molecule has 0 radical (unpaired) electrons. The minimum absolute atomic E-state index is 0.0510. The Morgan fingerprint density at radius 2 is 0.661 bits per heavy atom. The molecule has 0 fully saturated rings. The molecule has 8 amide bonds. The lowest BCUT2D eigenvalue weighted by Crippen LogP contribution is -2.58. The molecule has 12 heteroatoms. The molecule has 0 aliphatic carbocycles. The molecule has 0 aromatic heterocycles. The van der Waals surface area contributed by atoms with E-state index in [-0.39, 0.29) is 78.6 Å². The first kappa shape index (κ1) is 39.8. The van der Waals surface area contributed by atoms with Crippen LogP contribution in [0.1, 0.15) is 194 Å². The van der Waals surface area contributed by atoms with Crippen LogP contribution >= 0.6 is 0 Å². The van der Waals surface area contributed by atoms with E-state index in [4.69, 9.17) is 0 Å². The number of carbonyl (C=O) groups is 8. The molecule has 0 N–H and O–H groups in total. The summed E-state index contributed by atoms with van der Waals surface area (Å²) in [6.07, 6.45) is 14.5. The summed E-state index contributed by atoms with van der Waals surface area (Å²) in [4.78, 5) is 115. The molecule has 0 saturated carbocycles. The Bertz CT molecular complexity index is 2380. The maximum Gasteiger partial charge on any atom is 0.281 e. The lowest BCUT2D eigenvalue weighted by Gasteiger charge is -2.38. The van der Waals surface area contributed by atoms with Crippen molar-refractivity contribution < 1.29 is 38.4 Å². The third-order valence-corrected chi connectivity index (χ3v) is 12.5. The molecule has 1 unspecified atom stereocenters. The average molecular weight is 797 g/mol. The predicted molar refractivity (Wildman–Crippen MR) is 220 cm³/mol. The normalized spacial score (nSPS) is 16.5. The van der Waals surface area contributed by atoms with Gasteiger partial charge in [-0.2, -0.15) is 10.0 Å². The van der Waals surface area contributed by atoms with Crippen LogP contribution in [0.15, 0.2) is 48.5 Å². The van der Waals surface area contributed by atoms with Gasteiger partial charge in [-0.25, -0.2) is 0 Å². The summed E-state index contributed by atoms with van der Waals surface area (Å²) >= 11 is 0. The number of benzene rings is 4. The van der Waals surface area contributed by atoms with E-state index in [0.29, 0.717) is 22.9 Å². The molecule has 304 valence electrons. The highest BCUT2D eigenvalue weighted by molar-refractivity contribution is 6.37. The molecule has 0 spiro atoms. The number of amides is 8. The number of rotatable bonds is 17. The highest BCUT2D eigenvalue weighted by Crippen LogP contribution is 2.42. The second kappa shape index (κ2) is 16.0. The Kier molecular flexibility index (Phi) is 10.8. The van der Waals surface area contributed by atoms with E-state index in [2.05, 4.69) is 13.8 Å². The Morgan fingerprint density at radius 1 is 0.373 bits per heavy atom. The Hall–Kier alpha value is -6.04. The highest BCUT2D eigenvalue weighted by Gasteiger charge is 2.48. The Labute approximate surface area is 342 Å². The fraction of sp³-hybridized carbons (Fsp3) is 0.404. The molecule has 1 atom stereocenters. The maximum atomic E-state index is 14.4. The van der Waals surface area contributed by atoms with Crippen LogP contribution < -0.4 is 0 Å². The van der Waals surface area contributed by atoms with Crippen molar-refractivity contribution in [3.63, 3.8) is 0 Å². The zero-order chi connectivity index (χ0) is 41.7. The molecule has 4 heterocycles. The Morgan fingerprint density at radius 3 is 1.02 bits per heavy atom. The number of imide groups is 4.